The van der Waals surface area contributed by atoms with Crippen molar-refractivity contribution in [2.45, 2.75) is 58.5 Å². The number of halogens is 3. The van der Waals surface area contributed by atoms with E-state index >= 15 is 0 Å². The van der Waals surface area contributed by atoms with Crippen LogP contribution in [0.25, 0.3) is 0 Å². The molecule has 1 atom stereocenters. The first-order chi connectivity index (χ1) is 9.34. The third-order valence-corrected chi connectivity index (χ3v) is 3.42. The van der Waals surface area contributed by atoms with Gasteiger partial charge in [-0.2, -0.15) is 13.2 Å². The van der Waals surface area contributed by atoms with Crippen molar-refractivity contribution in [2.75, 3.05) is 19.6 Å². The summed E-state index contributed by atoms with van der Waals surface area (Å²) in [5.74, 6) is -0.0749. The molecule has 0 aromatic rings. The van der Waals surface area contributed by atoms with Crippen LogP contribution in [0.1, 0.15) is 52.4 Å². The van der Waals surface area contributed by atoms with E-state index in [2.05, 4.69) is 0 Å². The number of hydrogen-bond donors (Lipinski definition) is 1. The van der Waals surface area contributed by atoms with Crippen LogP contribution in [0.3, 0.4) is 0 Å². The van der Waals surface area contributed by atoms with E-state index in [9.17, 15) is 18.0 Å². The van der Waals surface area contributed by atoms with Gasteiger partial charge in [0.1, 0.15) is 6.54 Å². The Bertz CT molecular complexity index is 270. The van der Waals surface area contributed by atoms with E-state index in [1.807, 2.05) is 13.8 Å². The van der Waals surface area contributed by atoms with Crippen LogP contribution < -0.4 is 5.73 Å². The number of amides is 1. The van der Waals surface area contributed by atoms with Crippen molar-refractivity contribution in [2.24, 2.45) is 11.7 Å². The summed E-state index contributed by atoms with van der Waals surface area (Å²) in [6.45, 7) is 3.50. The molecule has 0 heterocycles. The summed E-state index contributed by atoms with van der Waals surface area (Å²) in [4.78, 5) is 12.9. The molecule has 0 aliphatic rings. The van der Waals surface area contributed by atoms with Crippen molar-refractivity contribution in [3.05, 3.63) is 0 Å². The van der Waals surface area contributed by atoms with Gasteiger partial charge in [0.05, 0.1) is 0 Å². The van der Waals surface area contributed by atoms with Crippen molar-refractivity contribution in [1.29, 1.82) is 0 Å². The zero-order valence-corrected chi connectivity index (χ0v) is 12.5. The fraction of sp³-hybridized carbons (Fsp3) is 0.929. The van der Waals surface area contributed by atoms with E-state index < -0.39 is 18.6 Å². The second-order valence-electron chi connectivity index (χ2n) is 5.17. The monoisotopic (exact) mass is 296 g/mol. The van der Waals surface area contributed by atoms with Crippen molar-refractivity contribution in [3.63, 3.8) is 0 Å². The fourth-order valence-electron chi connectivity index (χ4n) is 2.13. The largest absolute Gasteiger partial charge is 0.406 e. The molecule has 20 heavy (non-hydrogen) atoms. The van der Waals surface area contributed by atoms with Crippen LogP contribution in [0.2, 0.25) is 0 Å². The van der Waals surface area contributed by atoms with Gasteiger partial charge in [0.15, 0.2) is 0 Å². The quantitative estimate of drug-likeness (QED) is 0.672. The minimum absolute atomic E-state index is 0.179. The van der Waals surface area contributed by atoms with Crippen LogP contribution in [-0.2, 0) is 4.79 Å². The topological polar surface area (TPSA) is 46.3 Å². The lowest BCUT2D eigenvalue weighted by atomic mass is 9.96. The van der Waals surface area contributed by atoms with Gasteiger partial charge in [0, 0.05) is 13.0 Å². The van der Waals surface area contributed by atoms with E-state index in [1.165, 1.54) is 0 Å². The van der Waals surface area contributed by atoms with Crippen LogP contribution in [0, 0.1) is 5.92 Å². The van der Waals surface area contributed by atoms with Crippen LogP contribution in [0.5, 0.6) is 0 Å². The Morgan fingerprint density at radius 2 is 1.90 bits per heavy atom. The smallest absolute Gasteiger partial charge is 0.334 e. The van der Waals surface area contributed by atoms with E-state index in [1.54, 1.807) is 0 Å². The number of nitrogens with zero attached hydrogens (tertiary/aromatic N) is 1. The molecule has 3 nitrogen and oxygen atoms in total. The van der Waals surface area contributed by atoms with Gasteiger partial charge in [-0.05, 0) is 31.7 Å². The van der Waals surface area contributed by atoms with Gasteiger partial charge in [-0.25, -0.2) is 0 Å². The molecule has 0 saturated heterocycles. The summed E-state index contributed by atoms with van der Waals surface area (Å²) in [7, 11) is 0. The SMILES string of the molecule is CCCCN(CC(F)(F)F)C(=O)CCC(CC)CCN. The number of nitrogens with two attached hydrogens (primary N) is 1. The second-order valence-corrected chi connectivity index (χ2v) is 5.17. The summed E-state index contributed by atoms with van der Waals surface area (Å²) >= 11 is 0. The molecule has 0 rings (SSSR count). The summed E-state index contributed by atoms with van der Waals surface area (Å²) < 4.78 is 37.4. The lowest BCUT2D eigenvalue weighted by Gasteiger charge is -2.24. The fourth-order valence-corrected chi connectivity index (χ4v) is 2.13. The highest BCUT2D eigenvalue weighted by Gasteiger charge is 2.32. The lowest BCUT2D eigenvalue weighted by Crippen LogP contribution is -2.39. The molecule has 0 bridgehead atoms. The summed E-state index contributed by atoms with van der Waals surface area (Å²) in [6.07, 6.45) is -0.443. The standard InChI is InChI=1S/C14H27F3N2O/c1-3-5-10-19(11-14(15,16)17)13(20)7-6-12(4-2)8-9-18/h12H,3-11,18H2,1-2H3. The maximum atomic E-state index is 12.5. The molecular weight excluding hydrogens is 269 g/mol. The Kier molecular flexibility index (Phi) is 9.63. The van der Waals surface area contributed by atoms with Gasteiger partial charge in [-0.15, -0.1) is 0 Å². The van der Waals surface area contributed by atoms with Crippen LogP contribution in [-0.4, -0.2) is 36.6 Å². The van der Waals surface area contributed by atoms with Gasteiger partial charge in [0.2, 0.25) is 5.91 Å². The molecule has 0 saturated carbocycles. The molecule has 0 aromatic heterocycles. The summed E-state index contributed by atoms with van der Waals surface area (Å²) in [5, 5.41) is 0. The predicted molar refractivity (Wildman–Crippen MR) is 74.2 cm³/mol. The molecule has 0 radical (unpaired) electrons. The summed E-state index contributed by atoms with van der Waals surface area (Å²) in [5.41, 5.74) is 5.48. The molecule has 2 N–H and O–H groups in total. The molecule has 0 aromatic carbocycles. The Morgan fingerprint density at radius 1 is 1.25 bits per heavy atom. The number of carbonyl (C=O) groups is 1. The molecular formula is C14H27F3N2O. The third kappa shape index (κ3) is 9.18. The first-order valence-corrected chi connectivity index (χ1v) is 7.38. The number of alkyl halides is 3. The predicted octanol–water partition coefficient (Wildman–Crippen LogP) is 3.33. The maximum Gasteiger partial charge on any atom is 0.406 e. The van der Waals surface area contributed by atoms with Crippen molar-refractivity contribution in [1.82, 2.24) is 4.90 Å². The van der Waals surface area contributed by atoms with E-state index in [0.29, 0.717) is 25.3 Å². The normalized spacial score (nSPS) is 13.3. The molecule has 0 aliphatic carbocycles. The highest BCUT2D eigenvalue weighted by atomic mass is 19.4. The zero-order chi connectivity index (χ0) is 15.6. The van der Waals surface area contributed by atoms with Crippen molar-refractivity contribution < 1.29 is 18.0 Å². The van der Waals surface area contributed by atoms with Crippen molar-refractivity contribution >= 4 is 5.91 Å². The Hall–Kier alpha value is -0.780. The van der Waals surface area contributed by atoms with Crippen molar-refractivity contribution in [3.8, 4) is 0 Å². The molecule has 1 amide bonds. The van der Waals surface area contributed by atoms with Gasteiger partial charge in [-0.1, -0.05) is 26.7 Å². The van der Waals surface area contributed by atoms with Crippen LogP contribution in [0.15, 0.2) is 0 Å². The van der Waals surface area contributed by atoms with Crippen LogP contribution in [0.4, 0.5) is 13.2 Å². The van der Waals surface area contributed by atoms with Gasteiger partial charge in [-0.3, -0.25) is 4.79 Å². The lowest BCUT2D eigenvalue weighted by molar-refractivity contribution is -0.161. The zero-order valence-electron chi connectivity index (χ0n) is 12.5. The highest BCUT2D eigenvalue weighted by Crippen LogP contribution is 2.20. The average Bonchev–Trinajstić information content (AvgIpc) is 2.37. The molecule has 0 aliphatic heterocycles. The molecule has 0 fully saturated rings. The first kappa shape index (κ1) is 19.2. The summed E-state index contributed by atoms with van der Waals surface area (Å²) in [6, 6.07) is 0. The minimum atomic E-state index is -4.33. The van der Waals surface area contributed by atoms with E-state index in [0.717, 1.165) is 24.2 Å². The molecule has 0 spiro atoms. The third-order valence-electron chi connectivity index (χ3n) is 3.42. The number of carbonyl (C=O) groups excluding carboxylic acids is 1. The maximum absolute atomic E-state index is 12.5. The molecule has 120 valence electrons. The number of rotatable bonds is 10. The van der Waals surface area contributed by atoms with Gasteiger partial charge < -0.3 is 10.6 Å². The van der Waals surface area contributed by atoms with E-state index in [-0.39, 0.29) is 13.0 Å². The average molecular weight is 296 g/mol. The number of hydrogen-bond acceptors (Lipinski definition) is 2. The number of unbranched alkanes of at least 4 members (excludes halogenated alkanes) is 1. The van der Waals surface area contributed by atoms with Gasteiger partial charge in [0.25, 0.3) is 0 Å². The Morgan fingerprint density at radius 3 is 2.35 bits per heavy atom. The highest BCUT2D eigenvalue weighted by molar-refractivity contribution is 5.76. The first-order valence-electron chi connectivity index (χ1n) is 7.38. The Balaban J connectivity index is 4.38. The molecule has 1 unspecified atom stereocenters. The van der Waals surface area contributed by atoms with E-state index in [4.69, 9.17) is 5.73 Å². The minimum Gasteiger partial charge on any atom is -0.334 e. The Labute approximate surface area is 119 Å². The second kappa shape index (κ2) is 10.0. The molecule has 6 heteroatoms. The van der Waals surface area contributed by atoms with Gasteiger partial charge >= 0.3 is 6.18 Å². The van der Waals surface area contributed by atoms with Crippen LogP contribution >= 0.6 is 0 Å².